The number of rotatable bonds is 4. The van der Waals surface area contributed by atoms with E-state index in [2.05, 4.69) is 15.6 Å². The molecular weight excluding hydrogens is 400 g/mol. The average molecular weight is 425 g/mol. The molecule has 3 aromatic carbocycles. The lowest BCUT2D eigenvalue weighted by Crippen LogP contribution is -2.32. The van der Waals surface area contributed by atoms with Gasteiger partial charge in [-0.15, -0.1) is 0 Å². The predicted octanol–water partition coefficient (Wildman–Crippen LogP) is 5.60. The number of benzodiazepines with no additional fused rings is 1. The third kappa shape index (κ3) is 4.44. The highest BCUT2D eigenvalue weighted by molar-refractivity contribution is 6.19. The number of fused-ring (bicyclic) bond motifs is 1. The SMILES string of the molecule is CC.O=C1Nc2ccccc2C(c2ccccc2)=NC1Nc1ncc(-c2ccccc2)o1. The molecule has 6 nitrogen and oxygen atoms in total. The van der Waals surface area contributed by atoms with E-state index < -0.39 is 6.17 Å². The Morgan fingerprint density at radius 3 is 2.19 bits per heavy atom. The van der Waals surface area contributed by atoms with Gasteiger partial charge >= 0.3 is 0 Å². The molecule has 1 aromatic heterocycles. The number of para-hydroxylation sites is 1. The van der Waals surface area contributed by atoms with Crippen molar-refractivity contribution in [2.24, 2.45) is 4.99 Å². The van der Waals surface area contributed by atoms with Gasteiger partial charge in [0.2, 0.25) is 6.17 Å². The summed E-state index contributed by atoms with van der Waals surface area (Å²) < 4.78 is 5.81. The number of aromatic nitrogens is 1. The van der Waals surface area contributed by atoms with Crippen molar-refractivity contribution >= 4 is 23.3 Å². The van der Waals surface area contributed by atoms with E-state index >= 15 is 0 Å². The predicted molar refractivity (Wildman–Crippen MR) is 128 cm³/mol. The first-order valence-corrected chi connectivity index (χ1v) is 10.6. The molecule has 0 saturated heterocycles. The number of oxazole rings is 1. The zero-order chi connectivity index (χ0) is 22.3. The Hall–Kier alpha value is -4.19. The van der Waals surface area contributed by atoms with Crippen molar-refractivity contribution in [3.05, 3.63) is 102 Å². The van der Waals surface area contributed by atoms with Gasteiger partial charge in [-0.25, -0.2) is 9.98 Å². The minimum atomic E-state index is -0.894. The van der Waals surface area contributed by atoms with Crippen LogP contribution >= 0.6 is 0 Å². The Kier molecular flexibility index (Phi) is 6.41. The second kappa shape index (κ2) is 9.75. The number of benzene rings is 3. The number of nitrogens with one attached hydrogen (secondary N) is 2. The molecule has 0 fully saturated rings. The highest BCUT2D eigenvalue weighted by atomic mass is 16.4. The molecule has 1 aliphatic rings. The largest absolute Gasteiger partial charge is 0.424 e. The van der Waals surface area contributed by atoms with Crippen LogP contribution in [0.5, 0.6) is 0 Å². The number of aliphatic imine (C=N–C) groups is 1. The van der Waals surface area contributed by atoms with Crippen molar-refractivity contribution in [2.75, 3.05) is 10.6 Å². The second-order valence-corrected chi connectivity index (χ2v) is 6.82. The number of amides is 1. The first-order chi connectivity index (χ1) is 15.8. The summed E-state index contributed by atoms with van der Waals surface area (Å²) in [5, 5.41) is 5.96. The van der Waals surface area contributed by atoms with E-state index in [-0.39, 0.29) is 11.9 Å². The van der Waals surface area contributed by atoms with Gasteiger partial charge in [0, 0.05) is 16.7 Å². The van der Waals surface area contributed by atoms with Crippen molar-refractivity contribution < 1.29 is 9.21 Å². The van der Waals surface area contributed by atoms with Gasteiger partial charge < -0.3 is 15.1 Å². The molecule has 6 heteroatoms. The highest BCUT2D eigenvalue weighted by Crippen LogP contribution is 2.26. The molecule has 32 heavy (non-hydrogen) atoms. The topological polar surface area (TPSA) is 79.5 Å². The van der Waals surface area contributed by atoms with Crippen molar-refractivity contribution in [2.45, 2.75) is 20.0 Å². The smallest absolute Gasteiger partial charge is 0.297 e. The monoisotopic (exact) mass is 424 g/mol. The molecule has 0 spiro atoms. The molecule has 5 rings (SSSR count). The molecular formula is C26H24N4O2. The van der Waals surface area contributed by atoms with Crippen molar-refractivity contribution in [1.82, 2.24) is 4.98 Å². The fourth-order valence-electron chi connectivity index (χ4n) is 3.37. The quantitative estimate of drug-likeness (QED) is 0.447. The Balaban J connectivity index is 0.00000119. The standard InChI is InChI=1S/C24H18N4O2.C2H6/c29-23-22(28-24-25-15-20(30-24)16-9-3-1-4-10-16)27-21(17-11-5-2-6-12-17)18-13-7-8-14-19(18)26-23;1-2/h1-15,22H,(H,25,28)(H,26,29);1-2H3. The van der Waals surface area contributed by atoms with Gasteiger partial charge in [-0.05, 0) is 6.07 Å². The van der Waals surface area contributed by atoms with Gasteiger partial charge in [0.15, 0.2) is 5.76 Å². The summed E-state index contributed by atoms with van der Waals surface area (Å²) in [6.45, 7) is 4.00. The first-order valence-electron chi connectivity index (χ1n) is 10.6. The summed E-state index contributed by atoms with van der Waals surface area (Å²) in [6.07, 6.45) is 0.734. The van der Waals surface area contributed by atoms with E-state index in [1.165, 1.54) is 0 Å². The van der Waals surface area contributed by atoms with E-state index in [0.29, 0.717) is 11.4 Å². The minimum Gasteiger partial charge on any atom is -0.424 e. The zero-order valence-electron chi connectivity index (χ0n) is 17.9. The average Bonchev–Trinajstić information content (AvgIpc) is 3.28. The molecule has 0 bridgehead atoms. The van der Waals surface area contributed by atoms with Crippen LogP contribution in [0.2, 0.25) is 0 Å². The van der Waals surface area contributed by atoms with Crippen LogP contribution < -0.4 is 10.6 Å². The lowest BCUT2D eigenvalue weighted by atomic mass is 10.0. The highest BCUT2D eigenvalue weighted by Gasteiger charge is 2.26. The molecule has 2 heterocycles. The third-order valence-corrected chi connectivity index (χ3v) is 4.82. The summed E-state index contributed by atoms with van der Waals surface area (Å²) in [7, 11) is 0. The van der Waals surface area contributed by atoms with E-state index in [0.717, 1.165) is 22.4 Å². The van der Waals surface area contributed by atoms with Gasteiger partial charge in [0.1, 0.15) is 0 Å². The molecule has 0 aliphatic carbocycles. The van der Waals surface area contributed by atoms with E-state index in [1.54, 1.807) is 6.20 Å². The molecule has 1 unspecified atom stereocenters. The summed E-state index contributed by atoms with van der Waals surface area (Å²) in [4.78, 5) is 21.9. The lowest BCUT2D eigenvalue weighted by Gasteiger charge is -2.11. The number of anilines is 2. The molecule has 1 atom stereocenters. The summed E-state index contributed by atoms with van der Waals surface area (Å²) >= 11 is 0. The number of carbonyl (C=O) groups is 1. The second-order valence-electron chi connectivity index (χ2n) is 6.82. The van der Waals surface area contributed by atoms with Crippen molar-refractivity contribution in [1.29, 1.82) is 0 Å². The van der Waals surface area contributed by atoms with Crippen LogP contribution in [0, 0.1) is 0 Å². The normalized spacial score (nSPS) is 14.8. The van der Waals surface area contributed by atoms with Crippen LogP contribution in [0.15, 0.2) is 101 Å². The Labute approximate surface area is 187 Å². The summed E-state index contributed by atoms with van der Waals surface area (Å²) in [6, 6.07) is 27.3. The fraction of sp³-hybridized carbons (Fsp3) is 0.115. The molecule has 1 amide bonds. The number of hydrogen-bond acceptors (Lipinski definition) is 5. The Morgan fingerprint density at radius 2 is 1.47 bits per heavy atom. The molecule has 0 saturated carbocycles. The van der Waals surface area contributed by atoms with Gasteiger partial charge in [-0.3, -0.25) is 4.79 Å². The minimum absolute atomic E-state index is 0.233. The van der Waals surface area contributed by atoms with E-state index in [4.69, 9.17) is 9.41 Å². The number of hydrogen-bond donors (Lipinski definition) is 2. The zero-order valence-corrected chi connectivity index (χ0v) is 17.9. The van der Waals surface area contributed by atoms with Crippen LogP contribution in [0.1, 0.15) is 25.0 Å². The first kappa shape index (κ1) is 21.1. The fourth-order valence-corrected chi connectivity index (χ4v) is 3.37. The summed E-state index contributed by atoms with van der Waals surface area (Å²) in [5.74, 6) is 0.329. The molecule has 0 radical (unpaired) electrons. The van der Waals surface area contributed by atoms with Gasteiger partial charge in [0.25, 0.3) is 11.9 Å². The van der Waals surface area contributed by atoms with E-state index in [9.17, 15) is 4.79 Å². The van der Waals surface area contributed by atoms with Crippen molar-refractivity contribution in [3.63, 3.8) is 0 Å². The van der Waals surface area contributed by atoms with Gasteiger partial charge in [-0.2, -0.15) is 0 Å². The Bertz CT molecular complexity index is 1220. The maximum Gasteiger partial charge on any atom is 0.297 e. The maximum absolute atomic E-state index is 12.9. The molecule has 4 aromatic rings. The number of carbonyl (C=O) groups excluding carboxylic acids is 1. The molecule has 2 N–H and O–H groups in total. The lowest BCUT2D eigenvalue weighted by molar-refractivity contribution is -0.116. The Morgan fingerprint density at radius 1 is 0.844 bits per heavy atom. The van der Waals surface area contributed by atoms with Crippen molar-refractivity contribution in [3.8, 4) is 11.3 Å². The number of nitrogens with zero attached hydrogens (tertiary/aromatic N) is 2. The van der Waals surface area contributed by atoms with Gasteiger partial charge in [-0.1, -0.05) is 92.7 Å². The van der Waals surface area contributed by atoms with Crippen LogP contribution in [0.4, 0.5) is 11.7 Å². The van der Waals surface area contributed by atoms with E-state index in [1.807, 2.05) is 98.8 Å². The van der Waals surface area contributed by atoms with Crippen LogP contribution in [0.3, 0.4) is 0 Å². The van der Waals surface area contributed by atoms with Crippen LogP contribution in [0.25, 0.3) is 11.3 Å². The molecule has 160 valence electrons. The van der Waals surface area contributed by atoms with Gasteiger partial charge in [0.05, 0.1) is 17.6 Å². The summed E-state index contributed by atoms with van der Waals surface area (Å²) in [5.41, 5.74) is 4.12. The van der Waals surface area contributed by atoms with Crippen LogP contribution in [-0.4, -0.2) is 22.8 Å². The molecule has 1 aliphatic heterocycles. The maximum atomic E-state index is 12.9. The third-order valence-electron chi connectivity index (χ3n) is 4.82. The van der Waals surface area contributed by atoms with Crippen LogP contribution in [-0.2, 0) is 4.79 Å².